The minimum Gasteiger partial charge on any atom is -0.461 e. The van der Waals surface area contributed by atoms with E-state index in [0.717, 1.165) is 0 Å². The number of hydrogen-bond acceptors (Lipinski definition) is 6. The Morgan fingerprint density at radius 1 is 1.18 bits per heavy atom. The maximum Gasteiger partial charge on any atom is 0.410 e. The largest absolute Gasteiger partial charge is 0.461 e. The van der Waals surface area contributed by atoms with Crippen LogP contribution in [0.15, 0.2) is 0 Å². The van der Waals surface area contributed by atoms with E-state index in [2.05, 4.69) is 0 Å². The molecule has 2 atom stereocenters. The second-order valence-corrected chi connectivity index (χ2v) is 6.21. The van der Waals surface area contributed by atoms with Crippen LogP contribution in [0.4, 0.5) is 4.79 Å². The molecule has 1 fully saturated rings. The van der Waals surface area contributed by atoms with Crippen LogP contribution < -0.4 is 0 Å². The van der Waals surface area contributed by atoms with Crippen molar-refractivity contribution < 1.29 is 28.6 Å². The maximum absolute atomic E-state index is 12.3. The summed E-state index contributed by atoms with van der Waals surface area (Å²) in [6.07, 6.45) is -0.166. The van der Waals surface area contributed by atoms with E-state index in [9.17, 15) is 14.4 Å². The number of hydrogen-bond donors (Lipinski definition) is 0. The Balaban J connectivity index is 2.83. The van der Waals surface area contributed by atoms with Gasteiger partial charge < -0.3 is 14.2 Å². The van der Waals surface area contributed by atoms with Gasteiger partial charge in [-0.1, -0.05) is 0 Å². The number of ether oxygens (including phenoxy) is 3. The van der Waals surface area contributed by atoms with Crippen molar-refractivity contribution in [3.63, 3.8) is 0 Å². The van der Waals surface area contributed by atoms with Crippen LogP contribution in [-0.4, -0.2) is 53.8 Å². The molecule has 1 aliphatic heterocycles. The van der Waals surface area contributed by atoms with Crippen LogP contribution in [0.25, 0.3) is 0 Å². The first-order chi connectivity index (χ1) is 10.1. The molecule has 1 heterocycles. The summed E-state index contributed by atoms with van der Waals surface area (Å²) >= 11 is 0. The topological polar surface area (TPSA) is 82.1 Å². The molecular formula is C15H25NO6. The van der Waals surface area contributed by atoms with Crippen LogP contribution in [0, 0.1) is 0 Å². The van der Waals surface area contributed by atoms with E-state index in [1.807, 2.05) is 0 Å². The number of likely N-dealkylation sites (tertiary alicyclic amines) is 1. The Kier molecular flexibility index (Phi) is 6.20. The van der Waals surface area contributed by atoms with Crippen molar-refractivity contribution in [2.75, 3.05) is 13.2 Å². The molecule has 0 unspecified atom stereocenters. The highest BCUT2D eigenvalue weighted by Gasteiger charge is 2.40. The van der Waals surface area contributed by atoms with E-state index in [0.29, 0.717) is 12.8 Å². The molecular weight excluding hydrogens is 290 g/mol. The van der Waals surface area contributed by atoms with Crippen molar-refractivity contribution >= 4 is 18.0 Å². The van der Waals surface area contributed by atoms with Crippen molar-refractivity contribution in [3.8, 4) is 0 Å². The minimum absolute atomic E-state index is 0.127. The fourth-order valence-electron chi connectivity index (χ4n) is 2.29. The molecule has 1 amide bonds. The zero-order valence-electron chi connectivity index (χ0n) is 13.9. The lowest BCUT2D eigenvalue weighted by Gasteiger charge is -2.37. The van der Waals surface area contributed by atoms with E-state index in [-0.39, 0.29) is 13.2 Å². The fourth-order valence-corrected chi connectivity index (χ4v) is 2.29. The van der Waals surface area contributed by atoms with Gasteiger partial charge in [0, 0.05) is 6.92 Å². The number of amides is 1. The molecule has 0 spiro atoms. The van der Waals surface area contributed by atoms with Crippen LogP contribution in [0.5, 0.6) is 0 Å². The number of rotatable bonds is 3. The number of carbonyl (C=O) groups excluding carboxylic acids is 3. The predicted molar refractivity (Wildman–Crippen MR) is 78.1 cm³/mol. The highest BCUT2D eigenvalue weighted by Crippen LogP contribution is 2.23. The molecule has 0 radical (unpaired) electrons. The van der Waals surface area contributed by atoms with E-state index in [1.165, 1.54) is 11.8 Å². The Morgan fingerprint density at radius 2 is 1.82 bits per heavy atom. The first kappa shape index (κ1) is 18.3. The third-order valence-corrected chi connectivity index (χ3v) is 3.05. The van der Waals surface area contributed by atoms with Gasteiger partial charge in [0.2, 0.25) is 0 Å². The normalized spacial score (nSPS) is 22.0. The summed E-state index contributed by atoms with van der Waals surface area (Å²) in [5, 5.41) is 0. The molecule has 22 heavy (non-hydrogen) atoms. The molecule has 0 aromatic carbocycles. The Hall–Kier alpha value is -1.79. The van der Waals surface area contributed by atoms with Crippen molar-refractivity contribution in [1.29, 1.82) is 0 Å². The standard InChI is InChI=1S/C15H25NO6/c1-6-20-14(19)16-9-11(21-10(2)17)7-8-12(16)13(18)22-15(3,4)5/h11-12H,6-9H2,1-5H3/t11-,12+/m1/s1. The third kappa shape index (κ3) is 5.54. The highest BCUT2D eigenvalue weighted by atomic mass is 16.6. The second-order valence-electron chi connectivity index (χ2n) is 6.21. The highest BCUT2D eigenvalue weighted by molar-refractivity contribution is 5.82. The first-order valence-corrected chi connectivity index (χ1v) is 7.47. The summed E-state index contributed by atoms with van der Waals surface area (Å²) in [5.41, 5.74) is -0.635. The number of carbonyl (C=O) groups is 3. The quantitative estimate of drug-likeness (QED) is 0.584. The molecule has 7 nitrogen and oxygen atoms in total. The monoisotopic (exact) mass is 315 g/mol. The van der Waals surface area contributed by atoms with Crippen LogP contribution in [-0.2, 0) is 23.8 Å². The van der Waals surface area contributed by atoms with Gasteiger partial charge in [-0.2, -0.15) is 0 Å². The molecule has 0 bridgehead atoms. The smallest absolute Gasteiger partial charge is 0.410 e. The zero-order chi connectivity index (χ0) is 16.9. The molecule has 0 aliphatic carbocycles. The van der Waals surface area contributed by atoms with Crippen LogP contribution in [0.1, 0.15) is 47.5 Å². The zero-order valence-corrected chi connectivity index (χ0v) is 13.9. The lowest BCUT2D eigenvalue weighted by atomic mass is 10.00. The van der Waals surface area contributed by atoms with Gasteiger partial charge in [-0.15, -0.1) is 0 Å². The third-order valence-electron chi connectivity index (χ3n) is 3.05. The summed E-state index contributed by atoms with van der Waals surface area (Å²) in [5.74, 6) is -0.883. The van der Waals surface area contributed by atoms with Crippen molar-refractivity contribution in [3.05, 3.63) is 0 Å². The summed E-state index contributed by atoms with van der Waals surface area (Å²) in [6, 6.07) is -0.718. The Morgan fingerprint density at radius 3 is 2.32 bits per heavy atom. The molecule has 0 saturated carbocycles. The molecule has 0 aromatic rings. The summed E-state index contributed by atoms with van der Waals surface area (Å²) in [6.45, 7) is 8.64. The summed E-state index contributed by atoms with van der Waals surface area (Å²) < 4.78 is 15.5. The van der Waals surface area contributed by atoms with Gasteiger partial charge in [0.1, 0.15) is 17.7 Å². The maximum atomic E-state index is 12.3. The molecule has 1 saturated heterocycles. The average Bonchev–Trinajstić information content (AvgIpc) is 2.36. The van der Waals surface area contributed by atoms with Gasteiger partial charge in [0.05, 0.1) is 13.2 Å². The number of piperidine rings is 1. The van der Waals surface area contributed by atoms with Crippen LogP contribution in [0.3, 0.4) is 0 Å². The molecule has 7 heteroatoms. The van der Waals surface area contributed by atoms with Gasteiger partial charge >= 0.3 is 18.0 Å². The van der Waals surface area contributed by atoms with Gasteiger partial charge in [-0.25, -0.2) is 9.59 Å². The fraction of sp³-hybridized carbons (Fsp3) is 0.800. The number of nitrogens with zero attached hydrogens (tertiary/aromatic N) is 1. The average molecular weight is 315 g/mol. The van der Waals surface area contributed by atoms with Gasteiger partial charge in [0.25, 0.3) is 0 Å². The minimum atomic E-state index is -0.718. The molecule has 0 aromatic heterocycles. The van der Waals surface area contributed by atoms with Crippen molar-refractivity contribution in [2.24, 2.45) is 0 Å². The predicted octanol–water partition coefficient (Wildman–Crippen LogP) is 1.88. The first-order valence-electron chi connectivity index (χ1n) is 7.47. The van der Waals surface area contributed by atoms with Crippen molar-refractivity contribution in [1.82, 2.24) is 4.90 Å². The van der Waals surface area contributed by atoms with Crippen LogP contribution in [0.2, 0.25) is 0 Å². The van der Waals surface area contributed by atoms with E-state index in [4.69, 9.17) is 14.2 Å². The van der Waals surface area contributed by atoms with Gasteiger partial charge in [-0.3, -0.25) is 9.69 Å². The number of esters is 2. The Labute approximate surface area is 130 Å². The lowest BCUT2D eigenvalue weighted by Crippen LogP contribution is -2.54. The summed E-state index contributed by atoms with van der Waals surface area (Å²) in [4.78, 5) is 36.7. The van der Waals surface area contributed by atoms with Gasteiger partial charge in [-0.05, 0) is 40.5 Å². The van der Waals surface area contributed by atoms with E-state index in [1.54, 1.807) is 27.7 Å². The molecule has 0 N–H and O–H groups in total. The SMILES string of the molecule is CCOC(=O)N1C[C@H](OC(C)=O)CC[C@H]1C(=O)OC(C)(C)C. The van der Waals surface area contributed by atoms with Crippen LogP contribution >= 0.6 is 0 Å². The van der Waals surface area contributed by atoms with E-state index < -0.39 is 35.8 Å². The summed E-state index contributed by atoms with van der Waals surface area (Å²) in [7, 11) is 0. The molecule has 1 rings (SSSR count). The van der Waals surface area contributed by atoms with Crippen molar-refractivity contribution in [2.45, 2.75) is 65.2 Å². The second kappa shape index (κ2) is 7.47. The molecule has 1 aliphatic rings. The molecule has 126 valence electrons. The lowest BCUT2D eigenvalue weighted by molar-refractivity contribution is -0.165. The van der Waals surface area contributed by atoms with Gasteiger partial charge in [0.15, 0.2) is 0 Å². The Bertz CT molecular complexity index is 428. The van der Waals surface area contributed by atoms with E-state index >= 15 is 0 Å².